The van der Waals surface area contributed by atoms with Crippen LogP contribution in [-0.2, 0) is 19.1 Å². The van der Waals surface area contributed by atoms with E-state index in [9.17, 15) is 19.5 Å². The Morgan fingerprint density at radius 2 is 1.97 bits per heavy atom. The minimum absolute atomic E-state index is 0. The third kappa shape index (κ3) is 8.82. The van der Waals surface area contributed by atoms with Gasteiger partial charge in [0.2, 0.25) is 5.91 Å². The molecule has 0 spiro atoms. The number of rotatable bonds is 10. The highest BCUT2D eigenvalue weighted by atomic mass is 79.9. The molecule has 3 N–H and O–H groups in total. The van der Waals surface area contributed by atoms with Crippen LogP contribution in [-0.4, -0.2) is 67.0 Å². The van der Waals surface area contributed by atoms with Crippen LogP contribution >= 0.6 is 45.7 Å². The maximum absolute atomic E-state index is 13.3. The number of nitrogens with zero attached hydrogens (tertiary/aromatic N) is 1. The normalized spacial score (nSPS) is 19.1. The maximum Gasteiger partial charge on any atom is 0.323 e. The van der Waals surface area contributed by atoms with Gasteiger partial charge in [-0.25, -0.2) is 0 Å². The van der Waals surface area contributed by atoms with Crippen LogP contribution in [0, 0.1) is 5.92 Å². The Kier molecular flexibility index (Phi) is 14.3. The van der Waals surface area contributed by atoms with E-state index in [4.69, 9.17) is 4.74 Å². The van der Waals surface area contributed by atoms with E-state index in [2.05, 4.69) is 10.6 Å². The highest BCUT2D eigenvalue weighted by molar-refractivity contribution is 8.93. The maximum atomic E-state index is 13.3. The molecule has 1 saturated heterocycles. The minimum Gasteiger partial charge on any atom is -0.480 e. The Bertz CT molecular complexity index is 811. The first-order chi connectivity index (χ1) is 15.5. The molecule has 1 fully saturated rings. The number of nitrogens with one attached hydrogen (secondary N) is 2. The van der Waals surface area contributed by atoms with Gasteiger partial charge in [0.15, 0.2) is 0 Å². The Balaban J connectivity index is 0.00000289. The Hall–Kier alpha value is -1.14. The van der Waals surface area contributed by atoms with Crippen LogP contribution in [0.2, 0.25) is 0 Å². The molecule has 11 heteroatoms. The van der Waals surface area contributed by atoms with Gasteiger partial charge in [-0.2, -0.15) is 0 Å². The highest BCUT2D eigenvalue weighted by Gasteiger charge is 2.35. The van der Waals surface area contributed by atoms with E-state index in [1.165, 1.54) is 16.7 Å². The predicted molar refractivity (Wildman–Crippen MR) is 145 cm³/mol. The van der Waals surface area contributed by atoms with Crippen molar-refractivity contribution in [2.75, 3.05) is 36.9 Å². The van der Waals surface area contributed by atoms with E-state index in [1.807, 2.05) is 12.1 Å². The lowest BCUT2D eigenvalue weighted by atomic mass is 9.91. The van der Waals surface area contributed by atoms with Crippen molar-refractivity contribution in [3.05, 3.63) is 24.3 Å². The van der Waals surface area contributed by atoms with Crippen LogP contribution in [0.1, 0.15) is 39.0 Å². The number of esters is 1. The zero-order valence-corrected chi connectivity index (χ0v) is 23.6. The topological polar surface area (TPSA) is 108 Å². The van der Waals surface area contributed by atoms with E-state index in [-0.39, 0.29) is 52.4 Å². The summed E-state index contributed by atoms with van der Waals surface area (Å²) in [5.74, 6) is -0.701. The van der Waals surface area contributed by atoms with Gasteiger partial charge in [-0.1, -0.05) is 25.0 Å². The van der Waals surface area contributed by atoms with Crippen molar-refractivity contribution < 1.29 is 24.2 Å². The fraction of sp³-hybridized carbons (Fsp3) is 0.609. The van der Waals surface area contributed by atoms with Gasteiger partial charge in [-0.3, -0.25) is 24.6 Å². The van der Waals surface area contributed by atoms with Gasteiger partial charge < -0.3 is 15.2 Å². The number of carbonyl (C=O) groups is 3. The number of aliphatic carboxylic acids is 1. The second kappa shape index (κ2) is 15.8. The van der Waals surface area contributed by atoms with Crippen molar-refractivity contribution >= 4 is 69.3 Å². The lowest BCUT2D eigenvalue weighted by molar-refractivity contribution is -0.146. The smallest absolute Gasteiger partial charge is 0.323 e. The van der Waals surface area contributed by atoms with Crippen LogP contribution in [0.15, 0.2) is 29.2 Å². The highest BCUT2D eigenvalue weighted by Crippen LogP contribution is 2.34. The SMILES string of the molecule is Br.Br.CCOC(=O)[C@H](CCCC1CCNCC1)NC1CSc2ccccc2N(CC(=O)O)C1=O. The third-order valence-electron chi connectivity index (χ3n) is 5.96. The van der Waals surface area contributed by atoms with Crippen molar-refractivity contribution in [1.29, 1.82) is 0 Å². The van der Waals surface area contributed by atoms with E-state index in [1.54, 1.807) is 19.1 Å². The van der Waals surface area contributed by atoms with Gasteiger partial charge in [-0.15, -0.1) is 45.7 Å². The molecule has 34 heavy (non-hydrogen) atoms. The average Bonchev–Trinajstić information content (AvgIpc) is 2.91. The number of amides is 1. The molecule has 8 nitrogen and oxygen atoms in total. The molecule has 3 rings (SSSR count). The number of hydrogen-bond acceptors (Lipinski definition) is 7. The zero-order chi connectivity index (χ0) is 22.9. The largest absolute Gasteiger partial charge is 0.480 e. The number of carboxylic acids is 1. The molecule has 1 aromatic rings. The summed E-state index contributed by atoms with van der Waals surface area (Å²) in [6, 6.07) is 6.02. The number of fused-ring (bicyclic) bond motifs is 1. The third-order valence-corrected chi connectivity index (χ3v) is 7.11. The molecule has 0 radical (unpaired) electrons. The second-order valence-electron chi connectivity index (χ2n) is 8.25. The van der Waals surface area contributed by atoms with Crippen LogP contribution in [0.4, 0.5) is 5.69 Å². The lowest BCUT2D eigenvalue weighted by Gasteiger charge is -2.27. The van der Waals surface area contributed by atoms with Gasteiger partial charge in [0.25, 0.3) is 0 Å². The number of thioether (sulfide) groups is 1. The number of carboxylic acid groups (broad SMARTS) is 1. The summed E-state index contributed by atoms with van der Waals surface area (Å²) >= 11 is 1.49. The quantitative estimate of drug-likeness (QED) is 0.340. The molecule has 192 valence electrons. The van der Waals surface area contributed by atoms with Crippen LogP contribution < -0.4 is 15.5 Å². The minimum atomic E-state index is -1.08. The van der Waals surface area contributed by atoms with Crippen LogP contribution in [0.25, 0.3) is 0 Å². The van der Waals surface area contributed by atoms with Gasteiger partial charge >= 0.3 is 11.9 Å². The first-order valence-electron chi connectivity index (χ1n) is 11.4. The summed E-state index contributed by atoms with van der Waals surface area (Å²) in [5.41, 5.74) is 0.591. The molecule has 0 saturated carbocycles. The van der Waals surface area contributed by atoms with Gasteiger partial charge in [0.05, 0.1) is 18.3 Å². The monoisotopic (exact) mass is 623 g/mol. The molecular formula is C23H35Br2N3O5S. The van der Waals surface area contributed by atoms with Crippen LogP contribution in [0.5, 0.6) is 0 Å². The summed E-state index contributed by atoms with van der Waals surface area (Å²) in [7, 11) is 0. The number of benzene rings is 1. The summed E-state index contributed by atoms with van der Waals surface area (Å²) in [5, 5.41) is 15.9. The number of piperidine rings is 1. The molecule has 0 aliphatic carbocycles. The number of anilines is 1. The number of hydrogen-bond donors (Lipinski definition) is 3. The predicted octanol–water partition coefficient (Wildman–Crippen LogP) is 3.43. The molecule has 1 amide bonds. The molecular weight excluding hydrogens is 590 g/mol. The molecule has 1 aromatic carbocycles. The molecule has 1 unspecified atom stereocenters. The van der Waals surface area contributed by atoms with Gasteiger partial charge in [0.1, 0.15) is 12.6 Å². The van der Waals surface area contributed by atoms with Gasteiger partial charge in [0, 0.05) is 10.6 Å². The van der Waals surface area contributed by atoms with E-state index < -0.39 is 24.6 Å². The molecule has 0 aromatic heterocycles. The molecule has 2 aliphatic rings. The zero-order valence-electron chi connectivity index (χ0n) is 19.4. The van der Waals surface area contributed by atoms with Gasteiger partial charge in [-0.05, 0) is 57.3 Å². The van der Waals surface area contributed by atoms with E-state index in [0.29, 0.717) is 23.8 Å². The summed E-state index contributed by atoms with van der Waals surface area (Å²) in [4.78, 5) is 39.6. The van der Waals surface area contributed by atoms with Crippen molar-refractivity contribution in [1.82, 2.24) is 10.6 Å². The molecule has 2 heterocycles. The lowest BCUT2D eigenvalue weighted by Crippen LogP contribution is -2.54. The fourth-order valence-corrected chi connectivity index (χ4v) is 5.39. The fourth-order valence-electron chi connectivity index (χ4n) is 4.31. The molecule has 2 aliphatic heterocycles. The standard InChI is InChI=1S/C23H33N3O5S.2BrH/c1-2-31-23(30)17(7-5-6-16-10-12-24-13-11-16)25-18-15-32-20-9-4-3-8-19(20)26(22(18)29)14-21(27)28;;/h3-4,8-9,16-18,24-25H,2,5-7,10-15H2,1H3,(H,27,28);2*1H/t17-,18?;;/m0../s1. The summed E-state index contributed by atoms with van der Waals surface area (Å²) in [6.45, 7) is 3.70. The first-order valence-corrected chi connectivity index (χ1v) is 12.4. The second-order valence-corrected chi connectivity index (χ2v) is 9.31. The number of para-hydroxylation sites is 1. The Morgan fingerprint density at radius 3 is 2.65 bits per heavy atom. The Morgan fingerprint density at radius 1 is 1.26 bits per heavy atom. The average molecular weight is 625 g/mol. The van der Waals surface area contributed by atoms with Crippen molar-refractivity contribution in [2.24, 2.45) is 5.92 Å². The van der Waals surface area contributed by atoms with Crippen LogP contribution in [0.3, 0.4) is 0 Å². The van der Waals surface area contributed by atoms with E-state index >= 15 is 0 Å². The van der Waals surface area contributed by atoms with Crippen molar-refractivity contribution in [2.45, 2.75) is 56.0 Å². The number of carbonyl (C=O) groups excluding carboxylic acids is 2. The number of ether oxygens (including phenoxy) is 1. The number of halogens is 2. The summed E-state index contributed by atoms with van der Waals surface area (Å²) < 4.78 is 5.27. The molecule has 2 atom stereocenters. The summed E-state index contributed by atoms with van der Waals surface area (Å²) in [6.07, 6.45) is 4.80. The molecule has 0 bridgehead atoms. The Labute approximate surface area is 226 Å². The first kappa shape index (κ1) is 30.9. The van der Waals surface area contributed by atoms with Crippen molar-refractivity contribution in [3.8, 4) is 0 Å². The van der Waals surface area contributed by atoms with Crippen molar-refractivity contribution in [3.63, 3.8) is 0 Å². The van der Waals surface area contributed by atoms with E-state index in [0.717, 1.165) is 43.7 Å².